The van der Waals surface area contributed by atoms with E-state index in [4.69, 9.17) is 0 Å². The molecule has 0 aromatic heterocycles. The first-order valence-electron chi connectivity index (χ1n) is 7.83. The number of esters is 1. The summed E-state index contributed by atoms with van der Waals surface area (Å²) in [6.07, 6.45) is -0.861. The lowest BCUT2D eigenvalue weighted by atomic mass is 10.1. The van der Waals surface area contributed by atoms with Gasteiger partial charge in [0.15, 0.2) is 0 Å². The van der Waals surface area contributed by atoms with E-state index >= 15 is 0 Å². The molecule has 1 aromatic rings. The monoisotopic (exact) mass is 348 g/mol. The third-order valence-electron chi connectivity index (χ3n) is 3.82. The van der Waals surface area contributed by atoms with Crippen LogP contribution in [0.3, 0.4) is 0 Å². The molecule has 0 fully saturated rings. The topological polar surface area (TPSA) is 104 Å². The van der Waals surface area contributed by atoms with Crippen LogP contribution in [0.4, 0.5) is 0 Å². The Morgan fingerprint density at radius 1 is 1.20 bits per heavy atom. The van der Waals surface area contributed by atoms with Gasteiger partial charge in [-0.1, -0.05) is 12.1 Å². The molecule has 3 amide bonds. The first kappa shape index (κ1) is 18.6. The summed E-state index contributed by atoms with van der Waals surface area (Å²) in [6, 6.07) is 6.35. The molecule has 25 heavy (non-hydrogen) atoms. The molecular weight excluding hydrogens is 328 g/mol. The highest BCUT2D eigenvalue weighted by atomic mass is 16.5. The number of hydrogen-bond acceptors (Lipinski definition) is 6. The van der Waals surface area contributed by atoms with Crippen molar-refractivity contribution < 1.29 is 29.0 Å². The van der Waals surface area contributed by atoms with E-state index in [0.29, 0.717) is 0 Å². The smallest absolute Gasteiger partial charge is 0.307 e. The van der Waals surface area contributed by atoms with E-state index in [0.717, 1.165) is 4.90 Å². The summed E-state index contributed by atoms with van der Waals surface area (Å²) in [6.45, 7) is 1.07. The highest BCUT2D eigenvalue weighted by Gasteiger charge is 2.37. The van der Waals surface area contributed by atoms with E-state index in [1.807, 2.05) is 0 Å². The number of rotatable bonds is 7. The van der Waals surface area contributed by atoms with Gasteiger partial charge in [0.05, 0.1) is 30.8 Å². The normalized spacial score (nSPS) is 14.3. The van der Waals surface area contributed by atoms with Gasteiger partial charge in [-0.2, -0.15) is 0 Å². The Morgan fingerprint density at radius 2 is 1.76 bits per heavy atom. The molecule has 0 spiro atoms. The highest BCUT2D eigenvalue weighted by Crippen LogP contribution is 2.22. The minimum Gasteiger partial charge on any atom is -0.469 e. The number of carbonyl (C=O) groups is 4. The van der Waals surface area contributed by atoms with E-state index in [1.54, 1.807) is 12.1 Å². The minimum atomic E-state index is -0.816. The zero-order chi connectivity index (χ0) is 18.6. The average molecular weight is 348 g/mol. The fraction of sp³-hybridized carbons (Fsp3) is 0.412. The Hall–Kier alpha value is -2.74. The number of benzene rings is 1. The van der Waals surface area contributed by atoms with Gasteiger partial charge in [0.1, 0.15) is 6.54 Å². The molecule has 1 atom stereocenters. The maximum atomic E-state index is 12.5. The molecule has 1 aliphatic heterocycles. The highest BCUT2D eigenvalue weighted by molar-refractivity contribution is 6.22. The van der Waals surface area contributed by atoms with E-state index in [2.05, 4.69) is 4.74 Å². The SMILES string of the molecule is COC(=O)CCN(CC(C)O)C(=O)CN1C(=O)c2ccccc2C1=O. The predicted octanol–water partition coefficient (Wildman–Crippen LogP) is 0.0551. The Balaban J connectivity index is 2.09. The molecular formula is C17H20N2O6. The number of carbonyl (C=O) groups excluding carboxylic acids is 4. The van der Waals surface area contributed by atoms with Crippen LogP contribution in [-0.2, 0) is 14.3 Å². The van der Waals surface area contributed by atoms with Crippen molar-refractivity contribution >= 4 is 23.7 Å². The van der Waals surface area contributed by atoms with Crippen LogP contribution in [0, 0.1) is 0 Å². The molecule has 0 saturated carbocycles. The molecule has 8 nitrogen and oxygen atoms in total. The summed E-state index contributed by atoms with van der Waals surface area (Å²) in [5.41, 5.74) is 0.522. The first-order valence-corrected chi connectivity index (χ1v) is 7.83. The van der Waals surface area contributed by atoms with Crippen molar-refractivity contribution in [2.75, 3.05) is 26.7 Å². The summed E-state index contributed by atoms with van der Waals surface area (Å²) in [5, 5.41) is 9.54. The largest absolute Gasteiger partial charge is 0.469 e. The lowest BCUT2D eigenvalue weighted by molar-refractivity contribution is -0.142. The van der Waals surface area contributed by atoms with Crippen molar-refractivity contribution in [2.45, 2.75) is 19.4 Å². The summed E-state index contributed by atoms with van der Waals surface area (Å²) < 4.78 is 4.54. The van der Waals surface area contributed by atoms with Gasteiger partial charge in [-0.3, -0.25) is 24.1 Å². The molecule has 1 N–H and O–H groups in total. The van der Waals surface area contributed by atoms with Gasteiger partial charge in [-0.15, -0.1) is 0 Å². The van der Waals surface area contributed by atoms with Crippen molar-refractivity contribution in [1.29, 1.82) is 0 Å². The Kier molecular flexibility index (Phi) is 5.87. The van der Waals surface area contributed by atoms with E-state index in [9.17, 15) is 24.3 Å². The van der Waals surface area contributed by atoms with Crippen LogP contribution in [0.1, 0.15) is 34.1 Å². The second-order valence-electron chi connectivity index (χ2n) is 5.76. The number of methoxy groups -OCH3 is 1. The third kappa shape index (κ3) is 4.21. The summed E-state index contributed by atoms with van der Waals surface area (Å²) >= 11 is 0. The number of ether oxygens (including phenoxy) is 1. The molecule has 1 heterocycles. The van der Waals surface area contributed by atoms with Crippen molar-refractivity contribution in [2.24, 2.45) is 0 Å². The van der Waals surface area contributed by atoms with Gasteiger partial charge in [-0.25, -0.2) is 0 Å². The maximum Gasteiger partial charge on any atom is 0.307 e. The minimum absolute atomic E-state index is 0.0149. The second kappa shape index (κ2) is 7.89. The van der Waals surface area contributed by atoms with Gasteiger partial charge < -0.3 is 14.7 Å². The summed E-state index contributed by atoms with van der Waals surface area (Å²) in [4.78, 5) is 50.5. The first-order chi connectivity index (χ1) is 11.8. The van der Waals surface area contributed by atoms with Crippen molar-refractivity contribution in [3.8, 4) is 0 Å². The standard InChI is InChI=1S/C17H20N2O6/c1-11(20)9-18(8-7-15(22)25-2)14(21)10-19-16(23)12-5-3-4-6-13(12)17(19)24/h3-6,11,20H,7-10H2,1-2H3. The number of imide groups is 1. The number of hydrogen-bond donors (Lipinski definition) is 1. The van der Waals surface area contributed by atoms with Crippen LogP contribution in [0.25, 0.3) is 0 Å². The van der Waals surface area contributed by atoms with Crippen LogP contribution < -0.4 is 0 Å². The fourth-order valence-corrected chi connectivity index (χ4v) is 2.58. The van der Waals surface area contributed by atoms with Gasteiger partial charge in [0.2, 0.25) is 5.91 Å². The fourth-order valence-electron chi connectivity index (χ4n) is 2.58. The zero-order valence-corrected chi connectivity index (χ0v) is 14.1. The molecule has 134 valence electrons. The molecule has 1 aliphatic rings. The van der Waals surface area contributed by atoms with Gasteiger partial charge >= 0.3 is 5.97 Å². The molecule has 1 aromatic carbocycles. The van der Waals surface area contributed by atoms with E-state index in [1.165, 1.54) is 31.1 Å². The Morgan fingerprint density at radius 3 is 2.24 bits per heavy atom. The Bertz CT molecular complexity index is 665. The number of fused-ring (bicyclic) bond motifs is 1. The molecule has 2 rings (SSSR count). The average Bonchev–Trinajstić information content (AvgIpc) is 2.83. The van der Waals surface area contributed by atoms with Gasteiger partial charge in [-0.05, 0) is 19.1 Å². The number of amides is 3. The Labute approximate surface area is 145 Å². The number of nitrogens with zero attached hydrogens (tertiary/aromatic N) is 2. The molecule has 0 saturated heterocycles. The molecule has 0 radical (unpaired) electrons. The quantitative estimate of drug-likeness (QED) is 0.552. The number of aliphatic hydroxyl groups is 1. The molecule has 0 bridgehead atoms. The molecule has 8 heteroatoms. The van der Waals surface area contributed by atoms with Crippen LogP contribution >= 0.6 is 0 Å². The van der Waals surface area contributed by atoms with Crippen molar-refractivity contribution in [1.82, 2.24) is 9.80 Å². The van der Waals surface area contributed by atoms with Crippen LogP contribution in [-0.4, -0.2) is 71.4 Å². The number of aliphatic hydroxyl groups excluding tert-OH is 1. The van der Waals surface area contributed by atoms with Crippen molar-refractivity contribution in [3.05, 3.63) is 35.4 Å². The van der Waals surface area contributed by atoms with Gasteiger partial charge in [0.25, 0.3) is 11.8 Å². The van der Waals surface area contributed by atoms with Crippen LogP contribution in [0.5, 0.6) is 0 Å². The van der Waals surface area contributed by atoms with Crippen LogP contribution in [0.2, 0.25) is 0 Å². The van der Waals surface area contributed by atoms with Crippen LogP contribution in [0.15, 0.2) is 24.3 Å². The van der Waals surface area contributed by atoms with E-state index in [-0.39, 0.29) is 30.6 Å². The summed E-state index contributed by atoms with van der Waals surface area (Å²) in [5.74, 6) is -2.08. The summed E-state index contributed by atoms with van der Waals surface area (Å²) in [7, 11) is 1.24. The van der Waals surface area contributed by atoms with E-state index < -0.39 is 36.3 Å². The maximum absolute atomic E-state index is 12.5. The molecule has 1 unspecified atom stereocenters. The van der Waals surface area contributed by atoms with Gasteiger partial charge in [0, 0.05) is 13.1 Å². The van der Waals surface area contributed by atoms with Crippen molar-refractivity contribution in [3.63, 3.8) is 0 Å². The molecule has 0 aliphatic carbocycles. The lowest BCUT2D eigenvalue weighted by Gasteiger charge is -2.25. The lowest BCUT2D eigenvalue weighted by Crippen LogP contribution is -2.45. The predicted molar refractivity (Wildman–Crippen MR) is 86.7 cm³/mol. The second-order valence-corrected chi connectivity index (χ2v) is 5.76. The zero-order valence-electron chi connectivity index (χ0n) is 14.1. The third-order valence-corrected chi connectivity index (χ3v) is 3.82.